The van der Waals surface area contributed by atoms with Gasteiger partial charge in [-0.15, -0.1) is 11.3 Å². The van der Waals surface area contributed by atoms with Crippen molar-refractivity contribution in [2.24, 2.45) is 0 Å². The maximum atomic E-state index is 10.6. The molecule has 0 aliphatic carbocycles. The average Bonchev–Trinajstić information content (AvgIpc) is 3.48. The Morgan fingerprint density at radius 1 is 0.718 bits per heavy atom. The standard InChI is InChI=1S/C34H29BNO2S/c1-33(2,37)34(3,4)38-35-21-12-11-13-22(20-21)36-27-18-9-7-16-25(27)29-23-14-5-6-15-24(23)32-30(31(29)36)26-17-8-10-19-28(26)39-32/h5-20,37H,1-4H3. The first kappa shape index (κ1) is 24.4. The number of para-hydroxylation sites is 1. The van der Waals surface area contributed by atoms with Gasteiger partial charge in [-0.1, -0.05) is 78.3 Å². The molecule has 0 amide bonds. The zero-order chi connectivity index (χ0) is 26.9. The van der Waals surface area contributed by atoms with Gasteiger partial charge < -0.3 is 14.3 Å². The number of rotatable bonds is 5. The van der Waals surface area contributed by atoms with Gasteiger partial charge in [-0.05, 0) is 57.3 Å². The molecule has 0 saturated carbocycles. The van der Waals surface area contributed by atoms with E-state index in [4.69, 9.17) is 4.65 Å². The van der Waals surface area contributed by atoms with Crippen LogP contribution >= 0.6 is 11.3 Å². The van der Waals surface area contributed by atoms with Crippen molar-refractivity contribution in [3.05, 3.63) is 97.1 Å². The van der Waals surface area contributed by atoms with Crippen LogP contribution in [0.3, 0.4) is 0 Å². The summed E-state index contributed by atoms with van der Waals surface area (Å²) in [6.07, 6.45) is 0. The molecule has 5 aromatic carbocycles. The molecule has 0 saturated heterocycles. The van der Waals surface area contributed by atoms with Gasteiger partial charge in [0.2, 0.25) is 0 Å². The van der Waals surface area contributed by atoms with E-state index in [1.54, 1.807) is 21.3 Å². The van der Waals surface area contributed by atoms with Gasteiger partial charge in [0.15, 0.2) is 0 Å². The monoisotopic (exact) mass is 526 g/mol. The molecule has 0 spiro atoms. The lowest BCUT2D eigenvalue weighted by Crippen LogP contribution is -2.49. The fourth-order valence-electron chi connectivity index (χ4n) is 5.48. The number of fused-ring (bicyclic) bond motifs is 10. The molecular formula is C34H29BNO2S. The molecule has 1 N–H and O–H groups in total. The van der Waals surface area contributed by atoms with Gasteiger partial charge in [0.05, 0.1) is 22.2 Å². The Balaban J connectivity index is 1.56. The van der Waals surface area contributed by atoms with Gasteiger partial charge in [-0.2, -0.15) is 0 Å². The molecular weight excluding hydrogens is 497 g/mol. The van der Waals surface area contributed by atoms with E-state index in [2.05, 4.69) is 95.6 Å². The lowest BCUT2D eigenvalue weighted by Gasteiger charge is -2.37. The van der Waals surface area contributed by atoms with Crippen LogP contribution in [0.25, 0.3) is 58.4 Å². The molecule has 5 heteroatoms. The maximum absolute atomic E-state index is 10.6. The van der Waals surface area contributed by atoms with E-state index in [1.165, 1.54) is 52.8 Å². The summed E-state index contributed by atoms with van der Waals surface area (Å²) in [5.41, 5.74) is 2.71. The normalized spacial score (nSPS) is 12.8. The number of aliphatic hydroxyl groups is 1. The fourth-order valence-corrected chi connectivity index (χ4v) is 6.73. The van der Waals surface area contributed by atoms with Gasteiger partial charge in [0.1, 0.15) is 0 Å². The molecule has 2 aromatic heterocycles. The number of nitrogens with zero attached hydrogens (tertiary/aromatic N) is 1. The molecule has 2 heterocycles. The molecule has 191 valence electrons. The Bertz CT molecular complexity index is 2040. The molecule has 7 rings (SSSR count). The highest BCUT2D eigenvalue weighted by Crippen LogP contribution is 2.47. The van der Waals surface area contributed by atoms with Crippen molar-refractivity contribution in [3.8, 4) is 5.69 Å². The Labute approximate surface area is 232 Å². The van der Waals surface area contributed by atoms with E-state index in [-0.39, 0.29) is 0 Å². The van der Waals surface area contributed by atoms with Crippen molar-refractivity contribution in [2.45, 2.75) is 38.9 Å². The second-order valence-electron chi connectivity index (χ2n) is 11.3. The number of hydrogen-bond donors (Lipinski definition) is 1. The van der Waals surface area contributed by atoms with E-state index in [0.29, 0.717) is 0 Å². The quantitative estimate of drug-likeness (QED) is 0.230. The van der Waals surface area contributed by atoms with Gasteiger partial charge in [0, 0.05) is 42.0 Å². The molecule has 7 aromatic rings. The van der Waals surface area contributed by atoms with Crippen LogP contribution in [0.2, 0.25) is 0 Å². The van der Waals surface area contributed by atoms with E-state index in [1.807, 2.05) is 31.3 Å². The van der Waals surface area contributed by atoms with E-state index >= 15 is 0 Å². The summed E-state index contributed by atoms with van der Waals surface area (Å²) >= 11 is 1.87. The minimum atomic E-state index is -0.986. The van der Waals surface area contributed by atoms with E-state index < -0.39 is 11.2 Å². The molecule has 1 radical (unpaired) electrons. The Hall–Kier alpha value is -3.64. The predicted octanol–water partition coefficient (Wildman–Crippen LogP) is 8.12. The SMILES string of the molecule is CC(C)(O)C(C)(C)O[B]c1cccc(-n2c3ccccc3c3c4ccccc4c4sc5ccccc5c4c32)c1. The van der Waals surface area contributed by atoms with Crippen molar-refractivity contribution in [1.29, 1.82) is 0 Å². The lowest BCUT2D eigenvalue weighted by atomic mass is 9.82. The fraction of sp³-hybridized carbons (Fsp3) is 0.176. The molecule has 0 aliphatic heterocycles. The molecule has 0 unspecified atom stereocenters. The zero-order valence-corrected chi connectivity index (χ0v) is 23.3. The van der Waals surface area contributed by atoms with Crippen LogP contribution in [0.5, 0.6) is 0 Å². The Morgan fingerprint density at radius 3 is 2.15 bits per heavy atom. The number of benzene rings is 5. The first-order valence-corrected chi connectivity index (χ1v) is 14.2. The van der Waals surface area contributed by atoms with Crippen molar-refractivity contribution in [1.82, 2.24) is 4.57 Å². The van der Waals surface area contributed by atoms with Gasteiger partial charge in [0.25, 0.3) is 0 Å². The zero-order valence-electron chi connectivity index (χ0n) is 22.5. The smallest absolute Gasteiger partial charge is 0.330 e. The molecule has 39 heavy (non-hydrogen) atoms. The van der Waals surface area contributed by atoms with Gasteiger partial charge >= 0.3 is 7.48 Å². The summed E-state index contributed by atoms with van der Waals surface area (Å²) in [6, 6.07) is 34.7. The second kappa shape index (κ2) is 8.69. The van der Waals surface area contributed by atoms with Crippen LogP contribution in [0.15, 0.2) is 97.1 Å². The molecule has 0 atom stereocenters. The highest BCUT2D eigenvalue weighted by atomic mass is 32.1. The second-order valence-corrected chi connectivity index (χ2v) is 12.4. The van der Waals surface area contributed by atoms with Crippen molar-refractivity contribution >= 4 is 77.0 Å². The van der Waals surface area contributed by atoms with Crippen LogP contribution in [-0.4, -0.2) is 28.4 Å². The lowest BCUT2D eigenvalue weighted by molar-refractivity contribution is -0.0893. The third kappa shape index (κ3) is 3.72. The molecule has 0 fully saturated rings. The van der Waals surface area contributed by atoms with E-state index in [9.17, 15) is 5.11 Å². The third-order valence-electron chi connectivity index (χ3n) is 8.24. The summed E-state index contributed by atoms with van der Waals surface area (Å²) in [7, 11) is 1.76. The highest BCUT2D eigenvalue weighted by Gasteiger charge is 2.35. The predicted molar refractivity (Wildman–Crippen MR) is 168 cm³/mol. The van der Waals surface area contributed by atoms with Crippen LogP contribution < -0.4 is 5.46 Å². The summed E-state index contributed by atoms with van der Waals surface area (Å²) in [6.45, 7) is 7.36. The summed E-state index contributed by atoms with van der Waals surface area (Å²) in [4.78, 5) is 0. The molecule has 0 bridgehead atoms. The molecule has 3 nitrogen and oxygen atoms in total. The van der Waals surface area contributed by atoms with Gasteiger partial charge in [-0.25, -0.2) is 0 Å². The largest absolute Gasteiger partial charge is 0.427 e. The topological polar surface area (TPSA) is 34.4 Å². The van der Waals surface area contributed by atoms with Crippen LogP contribution in [0.4, 0.5) is 0 Å². The minimum Gasteiger partial charge on any atom is -0.427 e. The highest BCUT2D eigenvalue weighted by molar-refractivity contribution is 7.27. The van der Waals surface area contributed by atoms with Crippen molar-refractivity contribution < 1.29 is 9.76 Å². The van der Waals surface area contributed by atoms with Crippen molar-refractivity contribution in [3.63, 3.8) is 0 Å². The average molecular weight is 526 g/mol. The third-order valence-corrected chi connectivity index (χ3v) is 9.44. The minimum absolute atomic E-state index is 0.740. The van der Waals surface area contributed by atoms with Gasteiger partial charge in [-0.3, -0.25) is 0 Å². The number of hydrogen-bond acceptors (Lipinski definition) is 3. The summed E-state index contributed by atoms with van der Waals surface area (Å²) < 4.78 is 11.1. The van der Waals surface area contributed by atoms with E-state index in [0.717, 1.165) is 11.2 Å². The number of aromatic nitrogens is 1. The molecule has 0 aliphatic rings. The summed E-state index contributed by atoms with van der Waals surface area (Å²) in [5, 5.41) is 18.3. The van der Waals surface area contributed by atoms with Crippen LogP contribution in [0.1, 0.15) is 27.7 Å². The summed E-state index contributed by atoms with van der Waals surface area (Å²) in [5.74, 6) is 0. The first-order valence-electron chi connectivity index (χ1n) is 13.3. The first-order chi connectivity index (χ1) is 18.7. The van der Waals surface area contributed by atoms with Crippen LogP contribution in [0, 0.1) is 0 Å². The Morgan fingerprint density at radius 2 is 1.38 bits per heavy atom. The van der Waals surface area contributed by atoms with Crippen molar-refractivity contribution in [2.75, 3.05) is 0 Å². The number of thiophene rings is 1. The van der Waals surface area contributed by atoms with Crippen LogP contribution in [-0.2, 0) is 4.65 Å². The Kier molecular flexibility index (Phi) is 5.44. The maximum Gasteiger partial charge on any atom is 0.330 e.